The van der Waals surface area contributed by atoms with Gasteiger partial charge in [0, 0.05) is 26.2 Å². The van der Waals surface area contributed by atoms with Gasteiger partial charge >= 0.3 is 0 Å². The maximum atomic E-state index is 13.3. The lowest BCUT2D eigenvalue weighted by Crippen LogP contribution is -2.57. The van der Waals surface area contributed by atoms with Crippen LogP contribution < -0.4 is 0 Å². The first-order chi connectivity index (χ1) is 13.9. The van der Waals surface area contributed by atoms with Gasteiger partial charge in [0.2, 0.25) is 15.9 Å². The van der Waals surface area contributed by atoms with Crippen LogP contribution in [0.3, 0.4) is 0 Å². The SMILES string of the molecule is O=C(N1CCN(S(=O)(=O)c2cccc(Cl)c2Cl)CC1)C1(c2ccccc2)CCC1. The molecule has 29 heavy (non-hydrogen) atoms. The first-order valence-corrected chi connectivity index (χ1v) is 11.8. The minimum atomic E-state index is -3.76. The molecule has 1 heterocycles. The Morgan fingerprint density at radius 2 is 1.55 bits per heavy atom. The predicted octanol–water partition coefficient (Wildman–Crippen LogP) is 3.95. The molecular weight excluding hydrogens is 431 g/mol. The number of piperazine rings is 1. The molecule has 0 bridgehead atoms. The summed E-state index contributed by atoms with van der Waals surface area (Å²) in [4.78, 5) is 15.2. The zero-order chi connectivity index (χ0) is 20.6. The maximum absolute atomic E-state index is 13.3. The number of carbonyl (C=O) groups excluding carboxylic acids is 1. The van der Waals surface area contributed by atoms with Gasteiger partial charge < -0.3 is 4.90 Å². The Balaban J connectivity index is 1.49. The zero-order valence-electron chi connectivity index (χ0n) is 15.9. The standard InChI is InChI=1S/C21H22Cl2N2O3S/c22-17-8-4-9-18(19(17)23)29(27,28)25-14-12-24(13-15-25)20(26)21(10-5-11-21)16-6-2-1-3-7-16/h1-4,6-9H,5,10-15H2. The van der Waals surface area contributed by atoms with E-state index in [9.17, 15) is 13.2 Å². The molecule has 1 aliphatic carbocycles. The van der Waals surface area contributed by atoms with Crippen molar-refractivity contribution in [3.8, 4) is 0 Å². The molecule has 0 aromatic heterocycles. The number of halogens is 2. The van der Waals surface area contributed by atoms with E-state index in [0.29, 0.717) is 13.1 Å². The van der Waals surface area contributed by atoms with Gasteiger partial charge in [-0.05, 0) is 30.5 Å². The van der Waals surface area contributed by atoms with Crippen LogP contribution in [0.1, 0.15) is 24.8 Å². The number of nitrogens with zero attached hydrogens (tertiary/aromatic N) is 2. The molecule has 0 radical (unpaired) electrons. The van der Waals surface area contributed by atoms with Crippen molar-refractivity contribution in [2.75, 3.05) is 26.2 Å². The van der Waals surface area contributed by atoms with E-state index in [2.05, 4.69) is 0 Å². The molecule has 1 saturated heterocycles. The second-order valence-corrected chi connectivity index (χ2v) is 10.2. The normalized spacial score (nSPS) is 19.6. The van der Waals surface area contributed by atoms with E-state index in [-0.39, 0.29) is 33.9 Å². The molecule has 2 aromatic carbocycles. The molecule has 5 nitrogen and oxygen atoms in total. The van der Waals surface area contributed by atoms with Crippen LogP contribution in [0, 0.1) is 0 Å². The van der Waals surface area contributed by atoms with Gasteiger partial charge in [0.1, 0.15) is 4.90 Å². The highest BCUT2D eigenvalue weighted by molar-refractivity contribution is 7.89. The molecule has 2 fully saturated rings. The number of hydrogen-bond acceptors (Lipinski definition) is 3. The van der Waals surface area contributed by atoms with Crippen LogP contribution in [0.25, 0.3) is 0 Å². The first-order valence-electron chi connectivity index (χ1n) is 9.65. The highest BCUT2D eigenvalue weighted by atomic mass is 35.5. The van der Waals surface area contributed by atoms with E-state index in [4.69, 9.17) is 23.2 Å². The van der Waals surface area contributed by atoms with Crippen molar-refractivity contribution < 1.29 is 13.2 Å². The van der Waals surface area contributed by atoms with Gasteiger partial charge in [-0.2, -0.15) is 4.31 Å². The van der Waals surface area contributed by atoms with Crippen molar-refractivity contribution in [1.82, 2.24) is 9.21 Å². The molecule has 154 valence electrons. The predicted molar refractivity (Wildman–Crippen MR) is 114 cm³/mol. The maximum Gasteiger partial charge on any atom is 0.244 e. The molecule has 0 N–H and O–H groups in total. The molecule has 2 aliphatic rings. The summed E-state index contributed by atoms with van der Waals surface area (Å²) < 4.78 is 27.4. The summed E-state index contributed by atoms with van der Waals surface area (Å²) >= 11 is 12.1. The van der Waals surface area contributed by atoms with Gasteiger partial charge in [-0.25, -0.2) is 8.42 Å². The smallest absolute Gasteiger partial charge is 0.244 e. The van der Waals surface area contributed by atoms with Crippen molar-refractivity contribution in [1.29, 1.82) is 0 Å². The third-order valence-corrected chi connectivity index (χ3v) is 8.87. The van der Waals surface area contributed by atoms with Crippen molar-refractivity contribution >= 4 is 39.1 Å². The number of sulfonamides is 1. The van der Waals surface area contributed by atoms with Gasteiger partial charge in [0.15, 0.2) is 0 Å². The lowest BCUT2D eigenvalue weighted by atomic mass is 9.63. The van der Waals surface area contributed by atoms with E-state index < -0.39 is 15.4 Å². The lowest BCUT2D eigenvalue weighted by Gasteiger charge is -2.45. The zero-order valence-corrected chi connectivity index (χ0v) is 18.2. The number of benzene rings is 2. The fourth-order valence-electron chi connectivity index (χ4n) is 4.17. The summed E-state index contributed by atoms with van der Waals surface area (Å²) in [5.41, 5.74) is 0.593. The molecule has 1 saturated carbocycles. The summed E-state index contributed by atoms with van der Waals surface area (Å²) in [6.45, 7) is 1.21. The Morgan fingerprint density at radius 1 is 0.897 bits per heavy atom. The molecule has 0 spiro atoms. The molecule has 0 unspecified atom stereocenters. The Bertz CT molecular complexity index is 1020. The van der Waals surface area contributed by atoms with E-state index in [1.54, 1.807) is 17.0 Å². The Labute approximate surface area is 181 Å². The van der Waals surface area contributed by atoms with Gasteiger partial charge in [0.25, 0.3) is 0 Å². The highest BCUT2D eigenvalue weighted by Gasteiger charge is 2.48. The van der Waals surface area contributed by atoms with Crippen molar-refractivity contribution in [3.05, 3.63) is 64.1 Å². The van der Waals surface area contributed by atoms with Crippen LogP contribution in [0.2, 0.25) is 10.0 Å². The summed E-state index contributed by atoms with van der Waals surface area (Å²) in [7, 11) is -3.76. The monoisotopic (exact) mass is 452 g/mol. The van der Waals surface area contributed by atoms with Crippen LogP contribution in [0.15, 0.2) is 53.4 Å². The first kappa shape index (κ1) is 20.7. The largest absolute Gasteiger partial charge is 0.339 e. The van der Waals surface area contributed by atoms with Crippen LogP contribution in [0.4, 0.5) is 0 Å². The Morgan fingerprint density at radius 3 is 2.14 bits per heavy atom. The van der Waals surface area contributed by atoms with Gasteiger partial charge in [-0.1, -0.05) is 66.0 Å². The van der Waals surface area contributed by atoms with Gasteiger partial charge in [0.05, 0.1) is 15.5 Å². The third kappa shape index (κ3) is 3.56. The summed E-state index contributed by atoms with van der Waals surface area (Å²) in [5, 5.41) is 0.238. The average molecular weight is 453 g/mol. The minimum Gasteiger partial charge on any atom is -0.339 e. The summed E-state index contributed by atoms with van der Waals surface area (Å²) in [6.07, 6.45) is 2.71. The van der Waals surface area contributed by atoms with E-state index in [1.807, 2.05) is 30.3 Å². The number of rotatable bonds is 4. The Kier molecular flexibility index (Phi) is 5.64. The Hall–Kier alpha value is -1.60. The molecule has 4 rings (SSSR count). The van der Waals surface area contributed by atoms with Crippen molar-refractivity contribution in [2.45, 2.75) is 29.6 Å². The fourth-order valence-corrected chi connectivity index (χ4v) is 6.33. The van der Waals surface area contributed by atoms with E-state index in [0.717, 1.165) is 24.8 Å². The van der Waals surface area contributed by atoms with Crippen molar-refractivity contribution in [3.63, 3.8) is 0 Å². The minimum absolute atomic E-state index is 0.00573. The lowest BCUT2D eigenvalue weighted by molar-refractivity contribution is -0.142. The van der Waals surface area contributed by atoms with Crippen LogP contribution >= 0.6 is 23.2 Å². The molecule has 2 aromatic rings. The van der Waals surface area contributed by atoms with E-state index >= 15 is 0 Å². The molecule has 8 heteroatoms. The molecule has 1 aliphatic heterocycles. The van der Waals surface area contributed by atoms with Crippen LogP contribution in [0.5, 0.6) is 0 Å². The highest BCUT2D eigenvalue weighted by Crippen LogP contribution is 2.45. The second kappa shape index (κ2) is 7.91. The second-order valence-electron chi connectivity index (χ2n) is 7.55. The summed E-state index contributed by atoms with van der Waals surface area (Å²) in [6, 6.07) is 14.5. The van der Waals surface area contributed by atoms with Crippen LogP contribution in [-0.4, -0.2) is 49.7 Å². The fraction of sp³-hybridized carbons (Fsp3) is 0.381. The molecular formula is C21H22Cl2N2O3S. The molecule has 1 amide bonds. The van der Waals surface area contributed by atoms with E-state index in [1.165, 1.54) is 10.4 Å². The number of hydrogen-bond donors (Lipinski definition) is 0. The summed E-state index contributed by atoms with van der Waals surface area (Å²) in [5.74, 6) is 0.104. The quantitative estimate of drug-likeness (QED) is 0.705. The van der Waals surface area contributed by atoms with Gasteiger partial charge in [-0.15, -0.1) is 0 Å². The van der Waals surface area contributed by atoms with Gasteiger partial charge in [-0.3, -0.25) is 4.79 Å². The van der Waals surface area contributed by atoms with Crippen LogP contribution in [-0.2, 0) is 20.2 Å². The third-order valence-electron chi connectivity index (χ3n) is 6.00. The molecule has 0 atom stereocenters. The topological polar surface area (TPSA) is 57.7 Å². The number of amides is 1. The average Bonchev–Trinajstić information content (AvgIpc) is 2.70. The van der Waals surface area contributed by atoms with Crippen molar-refractivity contribution in [2.24, 2.45) is 0 Å². The number of carbonyl (C=O) groups is 1.